The number of carbonyl (C=O) groups is 2. The number of ether oxygens (including phenoxy) is 1. The van der Waals surface area contributed by atoms with Gasteiger partial charge in [-0.3, -0.25) is 9.59 Å². The molecule has 0 atom stereocenters. The maximum absolute atomic E-state index is 11.8. The third-order valence-corrected chi connectivity index (χ3v) is 3.83. The van der Waals surface area contributed by atoms with E-state index in [1.54, 1.807) is 18.2 Å². The summed E-state index contributed by atoms with van der Waals surface area (Å²) >= 11 is 5.87. The summed E-state index contributed by atoms with van der Waals surface area (Å²) in [5.41, 5.74) is 3.92. The molecule has 0 aliphatic heterocycles. The maximum Gasteiger partial charge on any atom is 0.277 e. The highest BCUT2D eigenvalue weighted by molar-refractivity contribution is 6.30. The van der Waals surface area contributed by atoms with Gasteiger partial charge in [-0.15, -0.1) is 0 Å². The number of hydrogen-bond acceptors (Lipinski definition) is 4. The SMILES string of the molecule is Cc1cc(Cl)ccc1OCC(=O)NN=C1CC(=O)CC(C)(C)C1. The Hall–Kier alpha value is -1.88. The topological polar surface area (TPSA) is 67.8 Å². The molecule has 1 saturated carbocycles. The van der Waals surface area contributed by atoms with Crippen LogP contribution in [0.2, 0.25) is 5.02 Å². The van der Waals surface area contributed by atoms with Gasteiger partial charge in [-0.2, -0.15) is 5.10 Å². The zero-order valence-corrected chi connectivity index (χ0v) is 14.4. The van der Waals surface area contributed by atoms with Gasteiger partial charge in [0.15, 0.2) is 6.61 Å². The van der Waals surface area contributed by atoms with Crippen LogP contribution >= 0.6 is 11.6 Å². The number of carbonyl (C=O) groups excluding carboxylic acids is 2. The number of hydrazone groups is 1. The van der Waals surface area contributed by atoms with E-state index >= 15 is 0 Å². The minimum atomic E-state index is -0.359. The van der Waals surface area contributed by atoms with Crippen molar-refractivity contribution in [1.29, 1.82) is 0 Å². The molecule has 0 saturated heterocycles. The molecule has 0 bridgehead atoms. The van der Waals surface area contributed by atoms with Crippen molar-refractivity contribution >= 4 is 29.0 Å². The number of aryl methyl sites for hydroxylation is 1. The van der Waals surface area contributed by atoms with E-state index in [1.165, 1.54) is 0 Å². The van der Waals surface area contributed by atoms with Crippen molar-refractivity contribution in [3.63, 3.8) is 0 Å². The lowest BCUT2D eigenvalue weighted by Gasteiger charge is -2.28. The van der Waals surface area contributed by atoms with E-state index in [0.717, 1.165) is 5.56 Å². The molecular formula is C17H21ClN2O3. The molecule has 0 heterocycles. The minimum Gasteiger partial charge on any atom is -0.483 e. The van der Waals surface area contributed by atoms with Crippen LogP contribution in [0.1, 0.15) is 38.7 Å². The van der Waals surface area contributed by atoms with Gasteiger partial charge in [0.2, 0.25) is 0 Å². The zero-order valence-electron chi connectivity index (χ0n) is 13.6. The molecule has 0 aromatic heterocycles. The molecule has 2 rings (SSSR count). The predicted molar refractivity (Wildman–Crippen MR) is 89.9 cm³/mol. The van der Waals surface area contributed by atoms with Crippen LogP contribution in [-0.2, 0) is 9.59 Å². The van der Waals surface area contributed by atoms with Crippen LogP contribution < -0.4 is 10.2 Å². The van der Waals surface area contributed by atoms with Gasteiger partial charge in [0, 0.05) is 23.6 Å². The first kappa shape index (κ1) is 17.5. The van der Waals surface area contributed by atoms with Crippen molar-refractivity contribution in [2.45, 2.75) is 40.0 Å². The number of benzene rings is 1. The van der Waals surface area contributed by atoms with Crippen molar-refractivity contribution in [3.8, 4) is 5.75 Å². The lowest BCUT2D eigenvalue weighted by atomic mass is 9.76. The molecular weight excluding hydrogens is 316 g/mol. The summed E-state index contributed by atoms with van der Waals surface area (Å²) in [4.78, 5) is 23.5. The molecule has 1 N–H and O–H groups in total. The Labute approximate surface area is 141 Å². The van der Waals surface area contributed by atoms with Crippen LogP contribution in [0.25, 0.3) is 0 Å². The summed E-state index contributed by atoms with van der Waals surface area (Å²) < 4.78 is 5.45. The molecule has 1 aromatic rings. The second-order valence-electron chi connectivity index (χ2n) is 6.64. The van der Waals surface area contributed by atoms with Crippen molar-refractivity contribution < 1.29 is 14.3 Å². The van der Waals surface area contributed by atoms with Gasteiger partial charge in [-0.25, -0.2) is 5.43 Å². The van der Waals surface area contributed by atoms with Crippen LogP contribution in [0.5, 0.6) is 5.75 Å². The third kappa shape index (κ3) is 5.36. The van der Waals surface area contributed by atoms with E-state index in [-0.39, 0.29) is 23.7 Å². The smallest absolute Gasteiger partial charge is 0.277 e. The standard InChI is InChI=1S/C17H21ClN2O3/c1-11-6-12(18)4-5-15(11)23-10-16(22)20-19-13-7-14(21)9-17(2,3)8-13/h4-6H,7-10H2,1-3H3,(H,20,22). The fourth-order valence-corrected chi connectivity index (χ4v) is 2.90. The van der Waals surface area contributed by atoms with Gasteiger partial charge in [0.05, 0.1) is 0 Å². The van der Waals surface area contributed by atoms with Crippen LogP contribution in [0.15, 0.2) is 23.3 Å². The van der Waals surface area contributed by atoms with Crippen molar-refractivity contribution in [3.05, 3.63) is 28.8 Å². The highest BCUT2D eigenvalue weighted by Crippen LogP contribution is 2.31. The Bertz CT molecular complexity index is 653. The summed E-state index contributed by atoms with van der Waals surface area (Å²) in [5.74, 6) is 0.399. The van der Waals surface area contributed by atoms with Crippen molar-refractivity contribution in [2.24, 2.45) is 10.5 Å². The monoisotopic (exact) mass is 336 g/mol. The summed E-state index contributed by atoms with van der Waals surface area (Å²) in [6.45, 7) is 5.76. The van der Waals surface area contributed by atoms with Gasteiger partial charge in [-0.05, 0) is 42.5 Å². The first-order chi connectivity index (χ1) is 10.7. The number of Topliss-reactive ketones (excluding diaryl/α,β-unsaturated/α-hetero) is 1. The largest absolute Gasteiger partial charge is 0.483 e. The fourth-order valence-electron chi connectivity index (χ4n) is 2.67. The minimum absolute atomic E-state index is 0.101. The molecule has 5 nitrogen and oxygen atoms in total. The zero-order chi connectivity index (χ0) is 17.0. The first-order valence-electron chi connectivity index (χ1n) is 7.50. The molecule has 1 aromatic carbocycles. The van der Waals surface area contributed by atoms with E-state index in [1.807, 2.05) is 20.8 Å². The summed E-state index contributed by atoms with van der Waals surface area (Å²) in [6.07, 6.45) is 1.57. The lowest BCUT2D eigenvalue weighted by Crippen LogP contribution is -2.32. The van der Waals surface area contributed by atoms with E-state index < -0.39 is 0 Å². The number of ketones is 1. The second-order valence-corrected chi connectivity index (χ2v) is 7.08. The van der Waals surface area contributed by atoms with E-state index in [0.29, 0.717) is 35.7 Å². The van der Waals surface area contributed by atoms with E-state index in [2.05, 4.69) is 10.5 Å². The Kier molecular flexibility index (Phi) is 5.42. The molecule has 124 valence electrons. The molecule has 1 aliphatic rings. The molecule has 6 heteroatoms. The summed E-state index contributed by atoms with van der Waals surface area (Å²) in [5, 5.41) is 4.69. The van der Waals surface area contributed by atoms with Gasteiger partial charge in [0.1, 0.15) is 11.5 Å². The highest BCUT2D eigenvalue weighted by Gasteiger charge is 2.30. The molecule has 1 amide bonds. The summed E-state index contributed by atoms with van der Waals surface area (Å²) in [6, 6.07) is 5.20. The normalized spacial score (nSPS) is 18.8. The average Bonchev–Trinajstić information content (AvgIpc) is 2.42. The number of nitrogens with one attached hydrogen (secondary N) is 1. The number of rotatable bonds is 4. The summed E-state index contributed by atoms with van der Waals surface area (Å²) in [7, 11) is 0. The van der Waals surface area contributed by atoms with Gasteiger partial charge in [-0.1, -0.05) is 25.4 Å². The molecule has 1 fully saturated rings. The van der Waals surface area contributed by atoms with Crippen LogP contribution in [0.3, 0.4) is 0 Å². The molecule has 0 spiro atoms. The van der Waals surface area contributed by atoms with Crippen LogP contribution in [-0.4, -0.2) is 24.0 Å². The predicted octanol–water partition coefficient (Wildman–Crippen LogP) is 3.28. The van der Waals surface area contributed by atoms with Gasteiger partial charge < -0.3 is 4.74 Å². The quantitative estimate of drug-likeness (QED) is 0.858. The Balaban J connectivity index is 1.87. The molecule has 1 aliphatic carbocycles. The van der Waals surface area contributed by atoms with E-state index in [9.17, 15) is 9.59 Å². The van der Waals surface area contributed by atoms with Crippen molar-refractivity contribution in [2.75, 3.05) is 6.61 Å². The number of halogens is 1. The van der Waals surface area contributed by atoms with Crippen molar-refractivity contribution in [1.82, 2.24) is 5.43 Å². The van der Waals surface area contributed by atoms with Crippen LogP contribution in [0, 0.1) is 12.3 Å². The average molecular weight is 337 g/mol. The van der Waals surface area contributed by atoms with Crippen LogP contribution in [0.4, 0.5) is 0 Å². The third-order valence-electron chi connectivity index (χ3n) is 3.59. The molecule has 0 unspecified atom stereocenters. The number of amides is 1. The molecule has 23 heavy (non-hydrogen) atoms. The van der Waals surface area contributed by atoms with Gasteiger partial charge in [0.25, 0.3) is 5.91 Å². The van der Waals surface area contributed by atoms with E-state index in [4.69, 9.17) is 16.3 Å². The first-order valence-corrected chi connectivity index (χ1v) is 7.88. The highest BCUT2D eigenvalue weighted by atomic mass is 35.5. The molecule has 0 radical (unpaired) electrons. The lowest BCUT2D eigenvalue weighted by molar-refractivity contribution is -0.123. The Morgan fingerprint density at radius 3 is 2.78 bits per heavy atom. The fraction of sp³-hybridized carbons (Fsp3) is 0.471. The number of hydrogen-bond donors (Lipinski definition) is 1. The Morgan fingerprint density at radius 2 is 2.13 bits per heavy atom. The second kappa shape index (κ2) is 7.13. The Morgan fingerprint density at radius 1 is 1.39 bits per heavy atom. The van der Waals surface area contributed by atoms with Gasteiger partial charge >= 0.3 is 0 Å². The maximum atomic E-state index is 11.8. The number of nitrogens with zero attached hydrogens (tertiary/aromatic N) is 1.